The van der Waals surface area contributed by atoms with Crippen molar-refractivity contribution >= 4 is 12.1 Å². The van der Waals surface area contributed by atoms with E-state index in [2.05, 4.69) is 0 Å². The number of ether oxygens (including phenoxy) is 2. The van der Waals surface area contributed by atoms with Gasteiger partial charge in [-0.1, -0.05) is 18.2 Å². The lowest BCUT2D eigenvalue weighted by Crippen LogP contribution is -2.44. The Bertz CT molecular complexity index is 407. The van der Waals surface area contributed by atoms with Gasteiger partial charge in [0.05, 0.1) is 12.6 Å². The summed E-state index contributed by atoms with van der Waals surface area (Å²) in [5.41, 5.74) is -0.534. The normalized spacial score (nSPS) is 19.2. The number of nitrogens with zero attached hydrogens (tertiary/aromatic N) is 1. The van der Waals surface area contributed by atoms with Crippen LogP contribution in [0.2, 0.25) is 0 Å². The van der Waals surface area contributed by atoms with Gasteiger partial charge in [-0.25, -0.2) is 9.59 Å². The number of esters is 1. The van der Waals surface area contributed by atoms with Crippen molar-refractivity contribution in [1.29, 1.82) is 0 Å². The number of amides is 1. The van der Waals surface area contributed by atoms with Gasteiger partial charge in [0.25, 0.3) is 0 Å². The molecule has 0 aliphatic carbocycles. The fourth-order valence-electron chi connectivity index (χ4n) is 1.78. The maximum absolute atomic E-state index is 12.1. The monoisotopic (exact) mass is 281 g/mol. The van der Waals surface area contributed by atoms with Crippen LogP contribution in [0.1, 0.15) is 34.1 Å². The third-order valence-electron chi connectivity index (χ3n) is 2.62. The standard InChI is InChI=1S/C15H23NO4/c1-5-19-13(17)10-9-12-8-6-7-11-16(12)14(18)20-15(2,3)4/h6-7,9-10,12H,5,8,11H2,1-4H3/b10-9+/t12-/m0/s1. The minimum absolute atomic E-state index is 0.181. The van der Waals surface area contributed by atoms with Gasteiger partial charge in [0.2, 0.25) is 0 Å². The summed E-state index contributed by atoms with van der Waals surface area (Å²) in [7, 11) is 0. The van der Waals surface area contributed by atoms with E-state index in [-0.39, 0.29) is 12.1 Å². The topological polar surface area (TPSA) is 55.8 Å². The molecule has 1 heterocycles. The lowest BCUT2D eigenvalue weighted by Gasteiger charge is -2.32. The molecule has 0 bridgehead atoms. The summed E-state index contributed by atoms with van der Waals surface area (Å²) in [6.45, 7) is 8.05. The van der Waals surface area contributed by atoms with Crippen LogP contribution in [0.25, 0.3) is 0 Å². The van der Waals surface area contributed by atoms with E-state index in [1.54, 1.807) is 17.9 Å². The Labute approximate surface area is 120 Å². The van der Waals surface area contributed by atoms with E-state index in [0.717, 1.165) is 0 Å². The Morgan fingerprint density at radius 3 is 2.65 bits per heavy atom. The molecule has 1 amide bonds. The van der Waals surface area contributed by atoms with Gasteiger partial charge in [-0.15, -0.1) is 0 Å². The van der Waals surface area contributed by atoms with Crippen LogP contribution in [0.4, 0.5) is 4.79 Å². The number of carbonyl (C=O) groups excluding carboxylic acids is 2. The van der Waals surface area contributed by atoms with Gasteiger partial charge in [-0.3, -0.25) is 4.90 Å². The molecule has 0 aromatic rings. The zero-order chi connectivity index (χ0) is 15.2. The molecule has 0 unspecified atom stereocenters. The van der Waals surface area contributed by atoms with Crippen molar-refractivity contribution in [1.82, 2.24) is 4.90 Å². The van der Waals surface area contributed by atoms with Crippen LogP contribution in [0.5, 0.6) is 0 Å². The first-order valence-electron chi connectivity index (χ1n) is 6.83. The van der Waals surface area contributed by atoms with Crippen LogP contribution in [-0.4, -0.2) is 41.8 Å². The molecule has 0 fully saturated rings. The van der Waals surface area contributed by atoms with E-state index in [0.29, 0.717) is 19.6 Å². The summed E-state index contributed by atoms with van der Waals surface area (Å²) < 4.78 is 10.2. The first-order chi connectivity index (χ1) is 9.33. The van der Waals surface area contributed by atoms with Crippen molar-refractivity contribution in [2.75, 3.05) is 13.2 Å². The van der Waals surface area contributed by atoms with Gasteiger partial charge in [-0.05, 0) is 34.1 Å². The molecule has 0 N–H and O–H groups in total. The molecule has 112 valence electrons. The lowest BCUT2D eigenvalue weighted by atomic mass is 10.1. The largest absolute Gasteiger partial charge is 0.463 e. The summed E-state index contributed by atoms with van der Waals surface area (Å²) in [5, 5.41) is 0. The summed E-state index contributed by atoms with van der Waals surface area (Å²) in [6.07, 6.45) is 7.24. The number of hydrogen-bond acceptors (Lipinski definition) is 4. The van der Waals surface area contributed by atoms with Crippen LogP contribution in [0, 0.1) is 0 Å². The van der Waals surface area contributed by atoms with Crippen LogP contribution in [0.3, 0.4) is 0 Å². The van der Waals surface area contributed by atoms with Gasteiger partial charge >= 0.3 is 12.1 Å². The quantitative estimate of drug-likeness (QED) is 0.453. The molecule has 0 saturated heterocycles. The molecule has 5 heteroatoms. The van der Waals surface area contributed by atoms with Gasteiger partial charge in [0, 0.05) is 12.6 Å². The predicted octanol–water partition coefficient (Wildman–Crippen LogP) is 2.67. The molecule has 0 spiro atoms. The van der Waals surface area contributed by atoms with Gasteiger partial charge in [0.1, 0.15) is 5.60 Å². The lowest BCUT2D eigenvalue weighted by molar-refractivity contribution is -0.137. The van der Waals surface area contributed by atoms with Gasteiger partial charge < -0.3 is 9.47 Å². The first kappa shape index (κ1) is 16.3. The molecule has 1 aliphatic rings. The van der Waals surface area contributed by atoms with Crippen molar-refractivity contribution < 1.29 is 19.1 Å². The molecular formula is C15H23NO4. The fourth-order valence-corrected chi connectivity index (χ4v) is 1.78. The fraction of sp³-hybridized carbons (Fsp3) is 0.600. The van der Waals surface area contributed by atoms with E-state index in [9.17, 15) is 9.59 Å². The third-order valence-corrected chi connectivity index (χ3v) is 2.62. The van der Waals surface area contributed by atoms with E-state index in [1.807, 2.05) is 32.9 Å². The Hall–Kier alpha value is -1.78. The van der Waals surface area contributed by atoms with E-state index in [4.69, 9.17) is 9.47 Å². The zero-order valence-electron chi connectivity index (χ0n) is 12.6. The highest BCUT2D eigenvalue weighted by Gasteiger charge is 2.27. The molecule has 5 nitrogen and oxygen atoms in total. The smallest absolute Gasteiger partial charge is 0.411 e. The van der Waals surface area contributed by atoms with Gasteiger partial charge in [-0.2, -0.15) is 0 Å². The third kappa shape index (κ3) is 5.47. The Morgan fingerprint density at radius 2 is 2.05 bits per heavy atom. The van der Waals surface area contributed by atoms with Crippen molar-refractivity contribution in [2.45, 2.75) is 45.8 Å². The average molecular weight is 281 g/mol. The second kappa shape index (κ2) is 7.12. The average Bonchev–Trinajstić information content (AvgIpc) is 2.35. The Morgan fingerprint density at radius 1 is 1.35 bits per heavy atom. The minimum Gasteiger partial charge on any atom is -0.463 e. The molecule has 1 atom stereocenters. The maximum Gasteiger partial charge on any atom is 0.411 e. The zero-order valence-corrected chi connectivity index (χ0v) is 12.6. The molecule has 20 heavy (non-hydrogen) atoms. The predicted molar refractivity (Wildman–Crippen MR) is 76.3 cm³/mol. The summed E-state index contributed by atoms with van der Waals surface area (Å²) in [6, 6.07) is -0.181. The highest BCUT2D eigenvalue weighted by Crippen LogP contribution is 2.17. The number of carbonyl (C=O) groups is 2. The van der Waals surface area contributed by atoms with E-state index < -0.39 is 11.6 Å². The molecule has 0 saturated carbocycles. The highest BCUT2D eigenvalue weighted by atomic mass is 16.6. The molecule has 0 aromatic heterocycles. The maximum atomic E-state index is 12.1. The second-order valence-corrected chi connectivity index (χ2v) is 5.52. The highest BCUT2D eigenvalue weighted by molar-refractivity contribution is 5.82. The first-order valence-corrected chi connectivity index (χ1v) is 6.83. The van der Waals surface area contributed by atoms with Crippen LogP contribution in [-0.2, 0) is 14.3 Å². The molecule has 0 aromatic carbocycles. The van der Waals surface area contributed by atoms with Crippen LogP contribution >= 0.6 is 0 Å². The second-order valence-electron chi connectivity index (χ2n) is 5.52. The number of hydrogen-bond donors (Lipinski definition) is 0. The van der Waals surface area contributed by atoms with E-state index in [1.165, 1.54) is 6.08 Å². The van der Waals surface area contributed by atoms with Crippen molar-refractivity contribution in [2.24, 2.45) is 0 Å². The molecule has 1 aliphatic heterocycles. The Balaban J connectivity index is 2.70. The van der Waals surface area contributed by atoms with Gasteiger partial charge in [0.15, 0.2) is 0 Å². The van der Waals surface area contributed by atoms with Crippen LogP contribution < -0.4 is 0 Å². The summed E-state index contributed by atoms with van der Waals surface area (Å²) in [4.78, 5) is 25.0. The minimum atomic E-state index is -0.534. The molecule has 0 radical (unpaired) electrons. The molecule has 1 rings (SSSR count). The Kier molecular flexibility index (Phi) is 5.80. The summed E-state index contributed by atoms with van der Waals surface area (Å²) >= 11 is 0. The van der Waals surface area contributed by atoms with Crippen molar-refractivity contribution in [3.63, 3.8) is 0 Å². The SMILES string of the molecule is CCOC(=O)/C=C/[C@@H]1CC=CCN1C(=O)OC(C)(C)C. The number of rotatable bonds is 3. The summed E-state index contributed by atoms with van der Waals surface area (Å²) in [5.74, 6) is -0.397. The molecular weight excluding hydrogens is 258 g/mol. The van der Waals surface area contributed by atoms with E-state index >= 15 is 0 Å². The van der Waals surface area contributed by atoms with Crippen molar-refractivity contribution in [3.8, 4) is 0 Å². The van der Waals surface area contributed by atoms with Crippen molar-refractivity contribution in [3.05, 3.63) is 24.3 Å². The van der Waals surface area contributed by atoms with Crippen LogP contribution in [0.15, 0.2) is 24.3 Å².